The molecule has 1 atom stereocenters. The van der Waals surface area contributed by atoms with Crippen LogP contribution in [0.15, 0.2) is 29.2 Å². The topological polar surface area (TPSA) is 130 Å². The standard InChI is InChI=1S/C15H22N4O5S.ClH/c20-15(6-1-12-7-8-16-11-12)17-9-10-18-25(23,24)14-4-2-13(3-5-14)19(21)22;/h2-5,12,16,18H,1,6-11H2,(H,17,20);1H. The van der Waals surface area contributed by atoms with Crippen molar-refractivity contribution in [3.63, 3.8) is 0 Å². The molecule has 1 aliphatic heterocycles. The zero-order chi connectivity index (χ0) is 18.3. The van der Waals surface area contributed by atoms with Crippen LogP contribution in [0.4, 0.5) is 5.69 Å². The summed E-state index contributed by atoms with van der Waals surface area (Å²) < 4.78 is 26.5. The number of nitro groups is 1. The number of halogens is 1. The molecule has 1 aromatic rings. The highest BCUT2D eigenvalue weighted by Gasteiger charge is 2.17. The number of nitro benzene ring substituents is 1. The van der Waals surface area contributed by atoms with Crippen molar-refractivity contribution in [2.24, 2.45) is 5.92 Å². The van der Waals surface area contributed by atoms with Crippen LogP contribution in [0.5, 0.6) is 0 Å². The van der Waals surface area contributed by atoms with E-state index in [1.165, 1.54) is 12.1 Å². The van der Waals surface area contributed by atoms with Crippen molar-refractivity contribution in [2.45, 2.75) is 24.2 Å². The summed E-state index contributed by atoms with van der Waals surface area (Å²) >= 11 is 0. The third kappa shape index (κ3) is 6.87. The quantitative estimate of drug-likeness (QED) is 0.316. The molecule has 9 nitrogen and oxygen atoms in total. The van der Waals surface area contributed by atoms with E-state index in [-0.39, 0.29) is 42.0 Å². The minimum atomic E-state index is -3.76. The third-order valence-electron chi connectivity index (χ3n) is 4.04. The van der Waals surface area contributed by atoms with Gasteiger partial charge in [0.1, 0.15) is 0 Å². The number of nitrogens with one attached hydrogen (secondary N) is 3. The molecule has 0 saturated carbocycles. The summed E-state index contributed by atoms with van der Waals surface area (Å²) in [6.07, 6.45) is 2.34. The Hall–Kier alpha value is -1.75. The summed E-state index contributed by atoms with van der Waals surface area (Å²) in [5, 5.41) is 16.5. The molecule has 0 bridgehead atoms. The van der Waals surface area contributed by atoms with Gasteiger partial charge in [0.15, 0.2) is 0 Å². The molecule has 1 aromatic carbocycles. The monoisotopic (exact) mass is 406 g/mol. The number of rotatable bonds is 9. The number of non-ortho nitro benzene ring substituents is 1. The van der Waals surface area contributed by atoms with Crippen LogP contribution < -0.4 is 15.4 Å². The average molecular weight is 407 g/mol. The number of benzene rings is 1. The normalized spacial score (nSPS) is 16.7. The summed E-state index contributed by atoms with van der Waals surface area (Å²) in [6, 6.07) is 4.62. The molecule has 0 spiro atoms. The molecule has 2 rings (SSSR count). The molecule has 26 heavy (non-hydrogen) atoms. The van der Waals surface area contributed by atoms with E-state index in [9.17, 15) is 23.3 Å². The van der Waals surface area contributed by atoms with Gasteiger partial charge in [0.25, 0.3) is 5.69 Å². The van der Waals surface area contributed by atoms with Crippen LogP contribution >= 0.6 is 12.4 Å². The van der Waals surface area contributed by atoms with Crippen molar-refractivity contribution in [1.29, 1.82) is 0 Å². The summed E-state index contributed by atoms with van der Waals surface area (Å²) in [5.41, 5.74) is -0.177. The number of carbonyl (C=O) groups is 1. The second-order valence-electron chi connectivity index (χ2n) is 5.90. The van der Waals surface area contributed by atoms with Crippen LogP contribution in [0.2, 0.25) is 0 Å². The smallest absolute Gasteiger partial charge is 0.269 e. The van der Waals surface area contributed by atoms with E-state index in [0.717, 1.165) is 38.1 Å². The molecule has 1 unspecified atom stereocenters. The van der Waals surface area contributed by atoms with Gasteiger partial charge < -0.3 is 10.6 Å². The van der Waals surface area contributed by atoms with Crippen LogP contribution in [0.25, 0.3) is 0 Å². The lowest BCUT2D eigenvalue weighted by Gasteiger charge is -2.10. The fraction of sp³-hybridized carbons (Fsp3) is 0.533. The van der Waals surface area contributed by atoms with E-state index in [1.807, 2.05) is 0 Å². The Morgan fingerprint density at radius 2 is 1.96 bits per heavy atom. The molecular formula is C15H23ClN4O5S. The molecule has 1 aliphatic rings. The number of hydrogen-bond acceptors (Lipinski definition) is 6. The van der Waals surface area contributed by atoms with Crippen molar-refractivity contribution in [1.82, 2.24) is 15.4 Å². The molecule has 1 fully saturated rings. The molecule has 0 radical (unpaired) electrons. The Morgan fingerprint density at radius 1 is 1.27 bits per heavy atom. The van der Waals surface area contributed by atoms with Crippen LogP contribution in [0, 0.1) is 16.0 Å². The summed E-state index contributed by atoms with van der Waals surface area (Å²) in [4.78, 5) is 21.6. The first kappa shape index (κ1) is 22.3. The molecule has 1 heterocycles. The number of hydrogen-bond donors (Lipinski definition) is 3. The maximum atomic E-state index is 12.1. The van der Waals surface area contributed by atoms with E-state index in [2.05, 4.69) is 15.4 Å². The molecule has 146 valence electrons. The van der Waals surface area contributed by atoms with Crippen molar-refractivity contribution < 1.29 is 18.1 Å². The zero-order valence-corrected chi connectivity index (χ0v) is 15.8. The first-order chi connectivity index (χ1) is 11.9. The highest BCUT2D eigenvalue weighted by molar-refractivity contribution is 7.89. The number of carbonyl (C=O) groups excluding carboxylic acids is 1. The lowest BCUT2D eigenvalue weighted by atomic mass is 10.0. The molecular weight excluding hydrogens is 384 g/mol. The molecule has 3 N–H and O–H groups in total. The van der Waals surface area contributed by atoms with Gasteiger partial charge in [-0.1, -0.05) is 0 Å². The minimum Gasteiger partial charge on any atom is -0.355 e. The van der Waals surface area contributed by atoms with Gasteiger partial charge in [0.05, 0.1) is 9.82 Å². The first-order valence-corrected chi connectivity index (χ1v) is 9.58. The van der Waals surface area contributed by atoms with E-state index < -0.39 is 14.9 Å². The highest BCUT2D eigenvalue weighted by atomic mass is 35.5. The van der Waals surface area contributed by atoms with Crippen molar-refractivity contribution in [3.8, 4) is 0 Å². The Bertz CT molecular complexity index is 705. The van der Waals surface area contributed by atoms with E-state index in [4.69, 9.17) is 0 Å². The van der Waals surface area contributed by atoms with Crippen LogP contribution in [0.3, 0.4) is 0 Å². The molecule has 1 amide bonds. The van der Waals surface area contributed by atoms with E-state index in [1.54, 1.807) is 0 Å². The van der Waals surface area contributed by atoms with Crippen LogP contribution in [-0.4, -0.2) is 45.4 Å². The summed E-state index contributed by atoms with van der Waals surface area (Å²) in [5.74, 6) is 0.438. The number of sulfonamides is 1. The number of amides is 1. The van der Waals surface area contributed by atoms with Crippen molar-refractivity contribution in [3.05, 3.63) is 34.4 Å². The van der Waals surface area contributed by atoms with Gasteiger partial charge >= 0.3 is 0 Å². The summed E-state index contributed by atoms with van der Waals surface area (Å²) in [7, 11) is -3.76. The Labute approximate surface area is 158 Å². The van der Waals surface area contributed by atoms with Gasteiger partial charge in [-0.2, -0.15) is 0 Å². The zero-order valence-electron chi connectivity index (χ0n) is 14.1. The molecule has 0 aliphatic carbocycles. The van der Waals surface area contributed by atoms with Gasteiger partial charge in [-0.05, 0) is 44.0 Å². The highest BCUT2D eigenvalue weighted by Crippen LogP contribution is 2.15. The van der Waals surface area contributed by atoms with Gasteiger partial charge in [-0.25, -0.2) is 13.1 Å². The van der Waals surface area contributed by atoms with Gasteiger partial charge in [0.2, 0.25) is 15.9 Å². The largest absolute Gasteiger partial charge is 0.355 e. The summed E-state index contributed by atoms with van der Waals surface area (Å²) in [6.45, 7) is 2.18. The predicted octanol–water partition coefficient (Wildman–Crippen LogP) is 0.801. The van der Waals surface area contributed by atoms with Gasteiger partial charge in [-0.3, -0.25) is 14.9 Å². The van der Waals surface area contributed by atoms with E-state index in [0.29, 0.717) is 12.3 Å². The molecule has 0 aromatic heterocycles. The first-order valence-electron chi connectivity index (χ1n) is 8.10. The average Bonchev–Trinajstić information content (AvgIpc) is 3.10. The second-order valence-corrected chi connectivity index (χ2v) is 7.66. The fourth-order valence-corrected chi connectivity index (χ4v) is 3.63. The Kier molecular flexibility index (Phi) is 8.93. The molecule has 1 saturated heterocycles. The van der Waals surface area contributed by atoms with Gasteiger partial charge in [0, 0.05) is 31.6 Å². The lowest BCUT2D eigenvalue weighted by Crippen LogP contribution is -2.34. The Balaban J connectivity index is 0.00000338. The predicted molar refractivity (Wildman–Crippen MR) is 98.8 cm³/mol. The Morgan fingerprint density at radius 3 is 2.54 bits per heavy atom. The van der Waals surface area contributed by atoms with Gasteiger partial charge in [-0.15, -0.1) is 12.4 Å². The van der Waals surface area contributed by atoms with Crippen molar-refractivity contribution >= 4 is 34.0 Å². The van der Waals surface area contributed by atoms with E-state index >= 15 is 0 Å². The van der Waals surface area contributed by atoms with Crippen molar-refractivity contribution in [2.75, 3.05) is 26.2 Å². The molecule has 11 heteroatoms. The van der Waals surface area contributed by atoms with Crippen LogP contribution in [0.1, 0.15) is 19.3 Å². The minimum absolute atomic E-state index is 0. The fourth-order valence-electron chi connectivity index (χ4n) is 2.60. The SMILES string of the molecule is Cl.O=C(CCC1CCNC1)NCCNS(=O)(=O)c1ccc([N+](=O)[O-])cc1. The lowest BCUT2D eigenvalue weighted by molar-refractivity contribution is -0.384. The maximum absolute atomic E-state index is 12.1. The number of nitrogens with zero attached hydrogens (tertiary/aromatic N) is 1. The maximum Gasteiger partial charge on any atom is 0.269 e. The second kappa shape index (κ2) is 10.4. The van der Waals surface area contributed by atoms with Crippen LogP contribution in [-0.2, 0) is 14.8 Å². The third-order valence-corrected chi connectivity index (χ3v) is 5.52.